The summed E-state index contributed by atoms with van der Waals surface area (Å²) in [7, 11) is 0. The summed E-state index contributed by atoms with van der Waals surface area (Å²) >= 11 is 3.49. The van der Waals surface area contributed by atoms with Crippen LogP contribution in [0.1, 0.15) is 5.56 Å². The van der Waals surface area contributed by atoms with Gasteiger partial charge in [0.1, 0.15) is 5.58 Å². The van der Waals surface area contributed by atoms with Gasteiger partial charge in [0.2, 0.25) is 0 Å². The van der Waals surface area contributed by atoms with Crippen LogP contribution < -0.4 is 5.63 Å². The van der Waals surface area contributed by atoms with E-state index in [2.05, 4.69) is 22.0 Å². The third-order valence-electron chi connectivity index (χ3n) is 4.24. The number of rotatable bonds is 2. The third-order valence-corrected chi connectivity index (χ3v) is 4.73. The molecule has 4 aromatic rings. The van der Waals surface area contributed by atoms with Gasteiger partial charge in [-0.1, -0.05) is 70.0 Å². The highest BCUT2D eigenvalue weighted by Gasteiger charge is 2.18. The second-order valence-electron chi connectivity index (χ2n) is 6.02. The van der Waals surface area contributed by atoms with Gasteiger partial charge in [-0.3, -0.25) is 0 Å². The minimum Gasteiger partial charge on any atom is -0.422 e. The molecule has 25 heavy (non-hydrogen) atoms. The van der Waals surface area contributed by atoms with Gasteiger partial charge in [-0.15, -0.1) is 0 Å². The highest BCUT2D eigenvalue weighted by Crippen LogP contribution is 2.36. The summed E-state index contributed by atoms with van der Waals surface area (Å²) in [6.07, 6.45) is 0. The summed E-state index contributed by atoms with van der Waals surface area (Å²) < 4.78 is 6.56. The number of halogens is 1. The summed E-state index contributed by atoms with van der Waals surface area (Å²) in [5, 5.41) is 0.945. The molecule has 1 aromatic heterocycles. The maximum Gasteiger partial charge on any atom is 0.344 e. The first kappa shape index (κ1) is 15.9. The van der Waals surface area contributed by atoms with Crippen LogP contribution in [0.15, 0.2) is 86.5 Å². The molecule has 0 saturated heterocycles. The predicted octanol–water partition coefficient (Wildman–Crippen LogP) is 6.20. The van der Waals surface area contributed by atoms with E-state index in [0.717, 1.165) is 32.1 Å². The van der Waals surface area contributed by atoms with Gasteiger partial charge in [0.15, 0.2) is 0 Å². The number of fused-ring (bicyclic) bond motifs is 1. The molecule has 0 unspecified atom stereocenters. The van der Waals surface area contributed by atoms with E-state index in [1.54, 1.807) is 0 Å². The standard InChI is InChI=1S/C22H15BrO2/c1-14-10-11-19-18(12-14)20(15-6-3-2-4-7-15)21(22(24)25-19)16-8-5-9-17(23)13-16/h2-13H,1H3. The molecule has 0 aliphatic carbocycles. The van der Waals surface area contributed by atoms with Crippen LogP contribution in [0, 0.1) is 6.92 Å². The molecule has 0 atom stereocenters. The molecular weight excluding hydrogens is 376 g/mol. The fraction of sp³-hybridized carbons (Fsp3) is 0.0455. The Morgan fingerprint density at radius 1 is 0.800 bits per heavy atom. The van der Waals surface area contributed by atoms with Crippen molar-refractivity contribution in [2.45, 2.75) is 6.92 Å². The minimum atomic E-state index is -0.326. The van der Waals surface area contributed by atoms with Gasteiger partial charge in [0.25, 0.3) is 0 Å². The molecule has 2 nitrogen and oxygen atoms in total. The smallest absolute Gasteiger partial charge is 0.344 e. The quantitative estimate of drug-likeness (QED) is 0.381. The van der Waals surface area contributed by atoms with Gasteiger partial charge in [-0.25, -0.2) is 4.79 Å². The lowest BCUT2D eigenvalue weighted by Gasteiger charge is -2.13. The summed E-state index contributed by atoms with van der Waals surface area (Å²) in [4.78, 5) is 12.8. The predicted molar refractivity (Wildman–Crippen MR) is 106 cm³/mol. The van der Waals surface area contributed by atoms with Gasteiger partial charge < -0.3 is 4.42 Å². The Bertz CT molecular complexity index is 1130. The zero-order chi connectivity index (χ0) is 17.4. The molecule has 0 spiro atoms. The van der Waals surface area contributed by atoms with Crippen molar-refractivity contribution in [2.75, 3.05) is 0 Å². The lowest BCUT2D eigenvalue weighted by molar-refractivity contribution is 0.564. The molecule has 0 bridgehead atoms. The highest BCUT2D eigenvalue weighted by atomic mass is 79.9. The molecule has 122 valence electrons. The normalized spacial score (nSPS) is 11.0. The fourth-order valence-electron chi connectivity index (χ4n) is 3.13. The Labute approximate surface area is 153 Å². The molecule has 0 amide bonds. The SMILES string of the molecule is Cc1ccc2oc(=O)c(-c3cccc(Br)c3)c(-c3ccccc3)c2c1. The molecule has 0 radical (unpaired) electrons. The van der Waals surface area contributed by atoms with Crippen LogP contribution in [0.25, 0.3) is 33.2 Å². The number of hydrogen-bond acceptors (Lipinski definition) is 2. The summed E-state index contributed by atoms with van der Waals surface area (Å²) in [5.41, 5.74) is 4.74. The van der Waals surface area contributed by atoms with Gasteiger partial charge in [0.05, 0.1) is 5.56 Å². The van der Waals surface area contributed by atoms with Crippen LogP contribution in [0.4, 0.5) is 0 Å². The second-order valence-corrected chi connectivity index (χ2v) is 6.93. The van der Waals surface area contributed by atoms with E-state index in [9.17, 15) is 4.79 Å². The molecule has 0 N–H and O–H groups in total. The summed E-state index contributed by atoms with van der Waals surface area (Å²) in [6, 6.07) is 23.6. The van der Waals surface area contributed by atoms with E-state index in [1.807, 2.05) is 73.7 Å². The number of aryl methyl sites for hydroxylation is 1. The molecule has 0 aliphatic heterocycles. The van der Waals surface area contributed by atoms with Crippen LogP contribution >= 0.6 is 15.9 Å². The first-order valence-corrected chi connectivity index (χ1v) is 8.81. The Balaban J connectivity index is 2.18. The molecule has 0 aliphatic rings. The van der Waals surface area contributed by atoms with Crippen LogP contribution in [0.3, 0.4) is 0 Å². The number of benzene rings is 3. The Morgan fingerprint density at radius 3 is 2.32 bits per heavy atom. The fourth-order valence-corrected chi connectivity index (χ4v) is 3.53. The minimum absolute atomic E-state index is 0.326. The van der Waals surface area contributed by atoms with Crippen molar-refractivity contribution in [2.24, 2.45) is 0 Å². The van der Waals surface area contributed by atoms with E-state index in [0.29, 0.717) is 11.1 Å². The van der Waals surface area contributed by atoms with E-state index < -0.39 is 0 Å². The van der Waals surface area contributed by atoms with E-state index in [-0.39, 0.29) is 5.63 Å². The molecule has 4 rings (SSSR count). The first-order valence-electron chi connectivity index (χ1n) is 8.02. The molecule has 0 saturated carbocycles. The van der Waals surface area contributed by atoms with Crippen molar-refractivity contribution < 1.29 is 4.42 Å². The number of hydrogen-bond donors (Lipinski definition) is 0. The lowest BCUT2D eigenvalue weighted by atomic mass is 9.92. The van der Waals surface area contributed by atoms with Crippen molar-refractivity contribution in [1.29, 1.82) is 0 Å². The van der Waals surface area contributed by atoms with Crippen LogP contribution in [-0.4, -0.2) is 0 Å². The topological polar surface area (TPSA) is 30.2 Å². The highest BCUT2D eigenvalue weighted by molar-refractivity contribution is 9.10. The van der Waals surface area contributed by atoms with Gasteiger partial charge in [0, 0.05) is 15.4 Å². The van der Waals surface area contributed by atoms with Gasteiger partial charge in [-0.2, -0.15) is 0 Å². The van der Waals surface area contributed by atoms with Gasteiger partial charge in [-0.05, 0) is 42.3 Å². The monoisotopic (exact) mass is 390 g/mol. The summed E-state index contributed by atoms with van der Waals surface area (Å²) in [5.74, 6) is 0. The second kappa shape index (κ2) is 6.34. The van der Waals surface area contributed by atoms with Crippen molar-refractivity contribution in [3.8, 4) is 22.3 Å². The molecular formula is C22H15BrO2. The van der Waals surface area contributed by atoms with Crippen LogP contribution in [0.5, 0.6) is 0 Å². The zero-order valence-electron chi connectivity index (χ0n) is 13.6. The van der Waals surface area contributed by atoms with Crippen molar-refractivity contribution in [3.05, 3.63) is 93.3 Å². The largest absolute Gasteiger partial charge is 0.422 e. The first-order chi connectivity index (χ1) is 12.1. The average molecular weight is 391 g/mol. The van der Waals surface area contributed by atoms with Crippen molar-refractivity contribution >= 4 is 26.9 Å². The Kier molecular flexibility index (Phi) is 4.02. The third kappa shape index (κ3) is 2.92. The molecule has 3 aromatic carbocycles. The van der Waals surface area contributed by atoms with E-state index in [4.69, 9.17) is 4.42 Å². The molecule has 3 heteroatoms. The maximum atomic E-state index is 12.8. The van der Waals surface area contributed by atoms with E-state index in [1.165, 1.54) is 0 Å². The van der Waals surface area contributed by atoms with E-state index >= 15 is 0 Å². The van der Waals surface area contributed by atoms with Crippen molar-refractivity contribution in [1.82, 2.24) is 0 Å². The zero-order valence-corrected chi connectivity index (χ0v) is 15.2. The Hall–Kier alpha value is -2.65. The van der Waals surface area contributed by atoms with Crippen LogP contribution in [0.2, 0.25) is 0 Å². The van der Waals surface area contributed by atoms with Crippen molar-refractivity contribution in [3.63, 3.8) is 0 Å². The molecule has 0 fully saturated rings. The molecule has 1 heterocycles. The Morgan fingerprint density at radius 2 is 1.56 bits per heavy atom. The summed E-state index contributed by atoms with van der Waals surface area (Å²) in [6.45, 7) is 2.04. The average Bonchev–Trinajstić information content (AvgIpc) is 2.62. The lowest BCUT2D eigenvalue weighted by Crippen LogP contribution is -2.06. The maximum absolute atomic E-state index is 12.8. The van der Waals surface area contributed by atoms with Crippen LogP contribution in [-0.2, 0) is 0 Å². The van der Waals surface area contributed by atoms with Gasteiger partial charge >= 0.3 is 5.63 Å².